The predicted molar refractivity (Wildman–Crippen MR) is 119 cm³/mol. The predicted octanol–water partition coefficient (Wildman–Crippen LogP) is 4.47. The van der Waals surface area contributed by atoms with Gasteiger partial charge in [0.1, 0.15) is 11.8 Å². The summed E-state index contributed by atoms with van der Waals surface area (Å²) in [4.78, 5) is 27.2. The molecule has 0 bridgehead atoms. The highest BCUT2D eigenvalue weighted by molar-refractivity contribution is 9.10. The van der Waals surface area contributed by atoms with Gasteiger partial charge in [0, 0.05) is 16.6 Å². The Bertz CT molecular complexity index is 827. The second-order valence-corrected chi connectivity index (χ2v) is 9.08. The standard InChI is InChI=1S/C23H29BrN2O3/c1-16-6-8-18(9-7-16)14-26(17(2)22(28)25-23(3,4)5)21(27)15-29-20-12-10-19(24)11-13-20/h6-13,17H,14-15H2,1-5H3,(H,25,28)/t17-/m1/s1. The van der Waals surface area contributed by atoms with Gasteiger partial charge in [0.15, 0.2) is 6.61 Å². The molecule has 0 saturated heterocycles. The van der Waals surface area contributed by atoms with Gasteiger partial charge in [0.25, 0.3) is 5.91 Å². The van der Waals surface area contributed by atoms with Crippen LogP contribution in [0.2, 0.25) is 0 Å². The fraction of sp³-hybridized carbons (Fsp3) is 0.391. The summed E-state index contributed by atoms with van der Waals surface area (Å²) in [7, 11) is 0. The summed E-state index contributed by atoms with van der Waals surface area (Å²) in [6.45, 7) is 9.70. The Balaban J connectivity index is 2.15. The highest BCUT2D eigenvalue weighted by Crippen LogP contribution is 2.17. The van der Waals surface area contributed by atoms with Crippen molar-refractivity contribution >= 4 is 27.7 Å². The number of hydrogen-bond donors (Lipinski definition) is 1. The highest BCUT2D eigenvalue weighted by atomic mass is 79.9. The number of carbonyl (C=O) groups excluding carboxylic acids is 2. The van der Waals surface area contributed by atoms with Crippen LogP contribution < -0.4 is 10.1 Å². The van der Waals surface area contributed by atoms with Crippen LogP contribution in [0.5, 0.6) is 5.75 Å². The van der Waals surface area contributed by atoms with Crippen LogP contribution in [-0.2, 0) is 16.1 Å². The molecule has 0 aliphatic rings. The molecule has 6 heteroatoms. The number of ether oxygens (including phenoxy) is 1. The van der Waals surface area contributed by atoms with E-state index >= 15 is 0 Å². The van der Waals surface area contributed by atoms with Crippen LogP contribution in [0.3, 0.4) is 0 Å². The number of nitrogens with zero attached hydrogens (tertiary/aromatic N) is 1. The first-order chi connectivity index (χ1) is 13.5. The maximum atomic E-state index is 13.0. The lowest BCUT2D eigenvalue weighted by atomic mass is 10.1. The molecule has 0 fully saturated rings. The molecule has 1 atom stereocenters. The van der Waals surface area contributed by atoms with E-state index in [1.807, 2.05) is 64.1 Å². The number of benzene rings is 2. The fourth-order valence-electron chi connectivity index (χ4n) is 2.71. The SMILES string of the molecule is Cc1ccc(CN(C(=O)COc2ccc(Br)cc2)[C@H](C)C(=O)NC(C)(C)C)cc1. The van der Waals surface area contributed by atoms with E-state index in [0.29, 0.717) is 12.3 Å². The van der Waals surface area contributed by atoms with E-state index in [1.165, 1.54) is 0 Å². The average Bonchev–Trinajstić information content (AvgIpc) is 2.65. The van der Waals surface area contributed by atoms with Crippen molar-refractivity contribution in [2.75, 3.05) is 6.61 Å². The average molecular weight is 461 g/mol. The van der Waals surface area contributed by atoms with Crippen LogP contribution in [0.1, 0.15) is 38.8 Å². The monoisotopic (exact) mass is 460 g/mol. The van der Waals surface area contributed by atoms with Gasteiger partial charge >= 0.3 is 0 Å². The van der Waals surface area contributed by atoms with Gasteiger partial charge in [0.2, 0.25) is 5.91 Å². The number of nitrogens with one attached hydrogen (secondary N) is 1. The lowest BCUT2D eigenvalue weighted by Crippen LogP contribution is -2.53. The van der Waals surface area contributed by atoms with E-state index in [2.05, 4.69) is 21.2 Å². The summed E-state index contributed by atoms with van der Waals surface area (Å²) in [6, 6.07) is 14.6. The van der Waals surface area contributed by atoms with Crippen LogP contribution in [0, 0.1) is 6.92 Å². The first kappa shape index (κ1) is 22.9. The topological polar surface area (TPSA) is 58.6 Å². The molecular formula is C23H29BrN2O3. The van der Waals surface area contributed by atoms with Gasteiger partial charge in [0.05, 0.1) is 0 Å². The van der Waals surface area contributed by atoms with Crippen molar-refractivity contribution in [2.24, 2.45) is 0 Å². The van der Waals surface area contributed by atoms with E-state index in [1.54, 1.807) is 24.0 Å². The van der Waals surface area contributed by atoms with Crippen molar-refractivity contribution in [1.82, 2.24) is 10.2 Å². The number of aryl methyl sites for hydroxylation is 1. The number of amides is 2. The number of carbonyl (C=O) groups is 2. The summed E-state index contributed by atoms with van der Waals surface area (Å²) in [5.74, 6) is 0.162. The van der Waals surface area contributed by atoms with Gasteiger partial charge in [-0.25, -0.2) is 0 Å². The zero-order chi connectivity index (χ0) is 21.6. The molecule has 0 saturated carbocycles. The third-order valence-electron chi connectivity index (χ3n) is 4.31. The second kappa shape index (κ2) is 9.92. The Morgan fingerprint density at radius 3 is 2.21 bits per heavy atom. The van der Waals surface area contributed by atoms with Crippen molar-refractivity contribution in [3.8, 4) is 5.75 Å². The Hall–Kier alpha value is -2.34. The summed E-state index contributed by atoms with van der Waals surface area (Å²) in [5, 5.41) is 2.95. The molecule has 2 amide bonds. The largest absolute Gasteiger partial charge is 0.484 e. The molecule has 0 heterocycles. The molecule has 0 aromatic heterocycles. The lowest BCUT2D eigenvalue weighted by molar-refractivity contribution is -0.142. The van der Waals surface area contributed by atoms with Crippen molar-refractivity contribution in [3.63, 3.8) is 0 Å². The Morgan fingerprint density at radius 2 is 1.66 bits per heavy atom. The third kappa shape index (κ3) is 7.54. The van der Waals surface area contributed by atoms with Crippen molar-refractivity contribution in [1.29, 1.82) is 0 Å². The molecule has 0 unspecified atom stereocenters. The van der Waals surface area contributed by atoms with Gasteiger partial charge in [-0.3, -0.25) is 9.59 Å². The van der Waals surface area contributed by atoms with Crippen molar-refractivity contribution < 1.29 is 14.3 Å². The molecule has 2 aromatic rings. The van der Waals surface area contributed by atoms with E-state index < -0.39 is 6.04 Å². The normalized spacial score (nSPS) is 12.2. The Morgan fingerprint density at radius 1 is 1.07 bits per heavy atom. The number of rotatable bonds is 7. The lowest BCUT2D eigenvalue weighted by Gasteiger charge is -2.31. The van der Waals surface area contributed by atoms with E-state index in [-0.39, 0.29) is 24.0 Å². The van der Waals surface area contributed by atoms with Crippen LogP contribution in [0.4, 0.5) is 0 Å². The van der Waals surface area contributed by atoms with Gasteiger partial charge in [-0.05, 0) is 64.4 Å². The highest BCUT2D eigenvalue weighted by Gasteiger charge is 2.28. The summed E-state index contributed by atoms with van der Waals surface area (Å²) >= 11 is 3.37. The van der Waals surface area contributed by atoms with Crippen LogP contribution >= 0.6 is 15.9 Å². The molecule has 0 spiro atoms. The molecule has 2 rings (SSSR count). The molecule has 2 aromatic carbocycles. The molecule has 156 valence electrons. The molecular weight excluding hydrogens is 432 g/mol. The maximum Gasteiger partial charge on any atom is 0.261 e. The first-order valence-corrected chi connectivity index (χ1v) is 10.4. The quantitative estimate of drug-likeness (QED) is 0.662. The molecule has 5 nitrogen and oxygen atoms in total. The molecule has 29 heavy (non-hydrogen) atoms. The van der Waals surface area contributed by atoms with Gasteiger partial charge in [-0.2, -0.15) is 0 Å². The molecule has 0 aliphatic carbocycles. The van der Waals surface area contributed by atoms with Crippen LogP contribution in [-0.4, -0.2) is 34.9 Å². The van der Waals surface area contributed by atoms with Crippen LogP contribution in [0.15, 0.2) is 53.0 Å². The zero-order valence-corrected chi connectivity index (χ0v) is 19.2. The third-order valence-corrected chi connectivity index (χ3v) is 4.84. The number of hydrogen-bond acceptors (Lipinski definition) is 3. The minimum Gasteiger partial charge on any atom is -0.484 e. The second-order valence-electron chi connectivity index (χ2n) is 8.17. The van der Waals surface area contributed by atoms with E-state index in [0.717, 1.165) is 15.6 Å². The van der Waals surface area contributed by atoms with Gasteiger partial charge in [-0.1, -0.05) is 45.8 Å². The molecule has 1 N–H and O–H groups in total. The molecule has 0 radical (unpaired) electrons. The molecule has 0 aliphatic heterocycles. The Kier molecular flexibility index (Phi) is 7.85. The summed E-state index contributed by atoms with van der Waals surface area (Å²) in [6.07, 6.45) is 0. The fourth-order valence-corrected chi connectivity index (χ4v) is 2.97. The maximum absolute atomic E-state index is 13.0. The van der Waals surface area contributed by atoms with E-state index in [4.69, 9.17) is 4.74 Å². The first-order valence-electron chi connectivity index (χ1n) is 9.60. The summed E-state index contributed by atoms with van der Waals surface area (Å²) in [5.41, 5.74) is 1.73. The van der Waals surface area contributed by atoms with Crippen molar-refractivity contribution in [2.45, 2.75) is 52.7 Å². The van der Waals surface area contributed by atoms with Crippen molar-refractivity contribution in [3.05, 3.63) is 64.1 Å². The zero-order valence-electron chi connectivity index (χ0n) is 17.7. The van der Waals surface area contributed by atoms with Gasteiger partial charge < -0.3 is 15.0 Å². The minimum absolute atomic E-state index is 0.138. The van der Waals surface area contributed by atoms with Crippen LogP contribution in [0.25, 0.3) is 0 Å². The summed E-state index contributed by atoms with van der Waals surface area (Å²) < 4.78 is 6.58. The number of halogens is 1. The Labute approximate surface area is 181 Å². The van der Waals surface area contributed by atoms with Gasteiger partial charge in [-0.15, -0.1) is 0 Å². The smallest absolute Gasteiger partial charge is 0.261 e. The minimum atomic E-state index is -0.628. The van der Waals surface area contributed by atoms with E-state index in [9.17, 15) is 9.59 Å².